The number of halogens is 1. The molecule has 1 aromatic carbocycles. The van der Waals surface area contributed by atoms with Crippen molar-refractivity contribution in [2.45, 2.75) is 63.8 Å². The minimum absolute atomic E-state index is 0.0151. The molecule has 2 heterocycles. The van der Waals surface area contributed by atoms with E-state index in [9.17, 15) is 14.4 Å². The zero-order chi connectivity index (χ0) is 23.8. The van der Waals surface area contributed by atoms with Crippen molar-refractivity contribution in [3.8, 4) is 5.75 Å². The maximum atomic E-state index is 12.7. The molecule has 0 aromatic heterocycles. The lowest BCUT2D eigenvalue weighted by atomic mass is 10.00. The highest BCUT2D eigenvalue weighted by molar-refractivity contribution is 6.30. The molecule has 2 saturated heterocycles. The van der Waals surface area contributed by atoms with Gasteiger partial charge in [0.2, 0.25) is 0 Å². The quantitative estimate of drug-likeness (QED) is 0.461. The minimum atomic E-state index is -1.26. The maximum Gasteiger partial charge on any atom is 0.347 e. The first-order valence-electron chi connectivity index (χ1n) is 10.6. The molecule has 2 bridgehead atoms. The summed E-state index contributed by atoms with van der Waals surface area (Å²) in [7, 11) is 2.18. The maximum absolute atomic E-state index is 12.7. The average molecular weight is 468 g/mol. The van der Waals surface area contributed by atoms with Crippen molar-refractivity contribution >= 4 is 29.5 Å². The predicted molar refractivity (Wildman–Crippen MR) is 119 cm³/mol. The topological polar surface area (TPSA) is 113 Å². The highest BCUT2D eigenvalue weighted by atomic mass is 35.5. The van der Waals surface area contributed by atoms with Crippen molar-refractivity contribution in [3.05, 3.63) is 41.4 Å². The molecule has 3 rings (SSSR count). The zero-order valence-corrected chi connectivity index (χ0v) is 19.2. The number of ether oxygens (including phenoxy) is 2. The molecule has 8 nitrogen and oxygen atoms in total. The molecule has 32 heavy (non-hydrogen) atoms. The van der Waals surface area contributed by atoms with Gasteiger partial charge in [0.05, 0.1) is 0 Å². The summed E-state index contributed by atoms with van der Waals surface area (Å²) in [5, 5.41) is 16.3. The molecule has 3 atom stereocenters. The number of aliphatic carboxylic acids is 2. The number of carbonyl (C=O) groups excluding carboxylic acids is 1. The van der Waals surface area contributed by atoms with Crippen LogP contribution in [0.3, 0.4) is 0 Å². The smallest absolute Gasteiger partial charge is 0.347 e. The van der Waals surface area contributed by atoms with Gasteiger partial charge in [-0.1, -0.05) is 25.4 Å². The Morgan fingerprint density at radius 1 is 1.03 bits per heavy atom. The number of hydrogen-bond donors (Lipinski definition) is 2. The number of carbonyl (C=O) groups is 3. The van der Waals surface area contributed by atoms with Crippen LogP contribution in [0, 0.1) is 5.92 Å². The Kier molecular flexibility index (Phi) is 9.53. The van der Waals surface area contributed by atoms with Crippen LogP contribution in [0.5, 0.6) is 5.75 Å². The van der Waals surface area contributed by atoms with Crippen LogP contribution in [0.4, 0.5) is 0 Å². The van der Waals surface area contributed by atoms with E-state index in [1.807, 2.05) is 13.8 Å². The second-order valence-electron chi connectivity index (χ2n) is 8.33. The summed E-state index contributed by atoms with van der Waals surface area (Å²) < 4.78 is 11.7. The fraction of sp³-hybridized carbons (Fsp3) is 0.522. The van der Waals surface area contributed by atoms with Gasteiger partial charge in [0.15, 0.2) is 6.10 Å². The number of carboxylic acid groups (broad SMARTS) is 2. The Bertz CT molecular complexity index is 794. The molecule has 0 amide bonds. The average Bonchev–Trinajstić information content (AvgIpc) is 2.92. The lowest BCUT2D eigenvalue weighted by Gasteiger charge is -2.36. The third-order valence-electron chi connectivity index (χ3n) is 5.62. The van der Waals surface area contributed by atoms with Crippen molar-refractivity contribution in [1.82, 2.24) is 4.90 Å². The van der Waals surface area contributed by atoms with Gasteiger partial charge in [-0.3, -0.25) is 0 Å². The Balaban J connectivity index is 0.000000390. The van der Waals surface area contributed by atoms with E-state index in [0.717, 1.165) is 12.8 Å². The van der Waals surface area contributed by atoms with Crippen LogP contribution in [-0.2, 0) is 19.1 Å². The van der Waals surface area contributed by atoms with E-state index in [1.54, 1.807) is 24.3 Å². The molecule has 2 aliphatic heterocycles. The Morgan fingerprint density at radius 2 is 1.53 bits per heavy atom. The number of piperidine rings is 1. The van der Waals surface area contributed by atoms with Crippen LogP contribution in [0.25, 0.3) is 0 Å². The van der Waals surface area contributed by atoms with Crippen molar-refractivity contribution in [3.63, 3.8) is 0 Å². The summed E-state index contributed by atoms with van der Waals surface area (Å²) in [6.45, 7) is 3.94. The van der Waals surface area contributed by atoms with Gasteiger partial charge >= 0.3 is 17.9 Å². The molecule has 2 N–H and O–H groups in total. The van der Waals surface area contributed by atoms with E-state index in [-0.39, 0.29) is 18.0 Å². The van der Waals surface area contributed by atoms with Gasteiger partial charge in [0.25, 0.3) is 0 Å². The molecule has 2 fully saturated rings. The Labute approximate surface area is 192 Å². The third-order valence-corrected chi connectivity index (χ3v) is 5.87. The molecule has 0 saturated carbocycles. The highest BCUT2D eigenvalue weighted by Crippen LogP contribution is 2.35. The Morgan fingerprint density at radius 3 is 1.97 bits per heavy atom. The molecular weight excluding hydrogens is 438 g/mol. The van der Waals surface area contributed by atoms with E-state index < -0.39 is 18.0 Å². The number of fused-ring (bicyclic) bond motifs is 2. The lowest BCUT2D eigenvalue weighted by molar-refractivity contribution is -0.163. The van der Waals surface area contributed by atoms with Crippen LogP contribution in [0.2, 0.25) is 5.02 Å². The van der Waals surface area contributed by atoms with Crippen LogP contribution < -0.4 is 4.74 Å². The number of nitrogens with zero attached hydrogens (tertiary/aromatic N) is 1. The lowest BCUT2D eigenvalue weighted by Crippen LogP contribution is -2.45. The summed E-state index contributed by atoms with van der Waals surface area (Å²) in [6.07, 6.45) is 4.83. The Hall–Kier alpha value is -2.58. The number of benzene rings is 1. The molecule has 0 spiro atoms. The van der Waals surface area contributed by atoms with Crippen molar-refractivity contribution in [1.29, 1.82) is 0 Å². The molecule has 0 radical (unpaired) electrons. The van der Waals surface area contributed by atoms with E-state index in [2.05, 4.69) is 11.9 Å². The molecule has 9 heteroatoms. The number of hydrogen-bond acceptors (Lipinski definition) is 6. The van der Waals surface area contributed by atoms with E-state index in [4.69, 9.17) is 31.3 Å². The number of carboxylic acids is 2. The largest absolute Gasteiger partial charge is 0.478 e. The number of esters is 1. The molecule has 0 aliphatic carbocycles. The van der Waals surface area contributed by atoms with Gasteiger partial charge in [-0.15, -0.1) is 0 Å². The fourth-order valence-electron chi connectivity index (χ4n) is 3.95. The third kappa shape index (κ3) is 7.84. The van der Waals surface area contributed by atoms with Crippen molar-refractivity contribution in [2.75, 3.05) is 7.05 Å². The number of rotatable bonds is 7. The molecular formula is C23H30ClNO7. The van der Waals surface area contributed by atoms with Crippen LogP contribution >= 0.6 is 11.6 Å². The van der Waals surface area contributed by atoms with Crippen LogP contribution in [0.15, 0.2) is 36.4 Å². The van der Waals surface area contributed by atoms with Gasteiger partial charge in [0, 0.05) is 35.2 Å². The normalized spacial score (nSPS) is 23.3. The molecule has 1 aromatic rings. The first-order valence-corrected chi connectivity index (χ1v) is 10.9. The van der Waals surface area contributed by atoms with Gasteiger partial charge < -0.3 is 24.6 Å². The summed E-state index contributed by atoms with van der Waals surface area (Å²) in [5.41, 5.74) is 0. The van der Waals surface area contributed by atoms with Gasteiger partial charge in [-0.05, 0) is 57.0 Å². The fourth-order valence-corrected chi connectivity index (χ4v) is 4.07. The van der Waals surface area contributed by atoms with Gasteiger partial charge in [-0.25, -0.2) is 14.4 Å². The SMILES string of the molecule is CC(C)C(Oc1ccc(Cl)cc1)C(=O)OC1CC2CCC(C1)N2C.O=C(O)/C=C\C(=O)O. The second kappa shape index (κ2) is 11.9. The van der Waals surface area contributed by atoms with E-state index in [1.165, 1.54) is 12.8 Å². The van der Waals surface area contributed by atoms with Gasteiger partial charge in [0.1, 0.15) is 11.9 Å². The molecule has 3 unspecified atom stereocenters. The standard InChI is InChI=1S/C19H26ClNO3.C4H4O4/c1-12(2)18(23-16-8-4-13(20)5-9-16)19(22)24-17-10-14-6-7-15(11-17)21(14)3;5-3(6)1-2-4(7)8/h4-5,8-9,12,14-15,17-18H,6-7,10-11H2,1-3H3;1-2H,(H,5,6)(H,7,8)/b;2-1-. The van der Waals surface area contributed by atoms with E-state index >= 15 is 0 Å². The first-order chi connectivity index (χ1) is 15.1. The van der Waals surface area contributed by atoms with Crippen molar-refractivity contribution < 1.29 is 34.1 Å². The summed E-state index contributed by atoms with van der Waals surface area (Å²) >= 11 is 5.90. The molecule has 176 valence electrons. The van der Waals surface area contributed by atoms with Crippen LogP contribution in [-0.4, -0.2) is 64.4 Å². The summed E-state index contributed by atoms with van der Waals surface area (Å²) in [5.74, 6) is -2.09. The zero-order valence-electron chi connectivity index (χ0n) is 18.4. The molecule has 2 aliphatic rings. The monoisotopic (exact) mass is 467 g/mol. The first kappa shape index (κ1) is 25.7. The van der Waals surface area contributed by atoms with Crippen molar-refractivity contribution in [2.24, 2.45) is 5.92 Å². The van der Waals surface area contributed by atoms with Gasteiger partial charge in [-0.2, -0.15) is 0 Å². The second-order valence-corrected chi connectivity index (χ2v) is 8.76. The summed E-state index contributed by atoms with van der Waals surface area (Å²) in [6, 6.07) is 8.18. The highest BCUT2D eigenvalue weighted by Gasteiger charge is 2.41. The summed E-state index contributed by atoms with van der Waals surface area (Å²) in [4.78, 5) is 34.2. The predicted octanol–water partition coefficient (Wildman–Crippen LogP) is 3.62. The minimum Gasteiger partial charge on any atom is -0.478 e. The van der Waals surface area contributed by atoms with Crippen LogP contribution in [0.1, 0.15) is 39.5 Å². The van der Waals surface area contributed by atoms with E-state index in [0.29, 0.717) is 35.0 Å².